The van der Waals surface area contributed by atoms with Crippen LogP contribution >= 0.6 is 0 Å². The number of fused-ring (bicyclic) bond motifs is 2. The molecule has 1 fully saturated rings. The van der Waals surface area contributed by atoms with Gasteiger partial charge in [0.15, 0.2) is 0 Å². The molecule has 3 aromatic rings. The number of rotatable bonds is 7. The molecule has 2 N–H and O–H groups in total. The molecule has 1 unspecified atom stereocenters. The van der Waals surface area contributed by atoms with E-state index in [4.69, 9.17) is 19.4 Å². The van der Waals surface area contributed by atoms with E-state index in [1.807, 2.05) is 18.2 Å². The number of likely N-dealkylation sites (tertiary alicyclic amines) is 1. The van der Waals surface area contributed by atoms with Crippen molar-refractivity contribution in [1.82, 2.24) is 19.9 Å². The lowest BCUT2D eigenvalue weighted by Gasteiger charge is -2.33. The van der Waals surface area contributed by atoms with Crippen molar-refractivity contribution in [3.05, 3.63) is 51.4 Å². The number of hydrogen-bond donors (Lipinski definition) is 2. The third kappa shape index (κ3) is 4.83. The molecule has 9 nitrogen and oxygen atoms in total. The first-order chi connectivity index (χ1) is 17.1. The first-order valence-electron chi connectivity index (χ1n) is 12.4. The molecular weight excluding hydrogens is 444 g/mol. The Morgan fingerprint density at radius 3 is 2.86 bits per heavy atom. The summed E-state index contributed by atoms with van der Waals surface area (Å²) < 4.78 is 10.7. The molecule has 0 spiro atoms. The maximum Gasteiger partial charge on any atom is 0.260 e. The lowest BCUT2D eigenvalue weighted by atomic mass is 9.93. The molecule has 1 aromatic carbocycles. The van der Waals surface area contributed by atoms with Crippen LogP contribution in [0.3, 0.4) is 0 Å². The van der Waals surface area contributed by atoms with Gasteiger partial charge in [0.25, 0.3) is 5.56 Å². The van der Waals surface area contributed by atoms with Gasteiger partial charge < -0.3 is 19.7 Å². The highest BCUT2D eigenvalue weighted by Crippen LogP contribution is 2.35. The van der Waals surface area contributed by atoms with E-state index >= 15 is 0 Å². The number of benzene rings is 1. The van der Waals surface area contributed by atoms with Crippen LogP contribution in [0.4, 0.5) is 11.8 Å². The summed E-state index contributed by atoms with van der Waals surface area (Å²) in [4.78, 5) is 30.6. The Morgan fingerprint density at radius 2 is 2.06 bits per heavy atom. The normalized spacial score (nSPS) is 18.5. The van der Waals surface area contributed by atoms with E-state index in [0.717, 1.165) is 67.3 Å². The van der Waals surface area contributed by atoms with Gasteiger partial charge in [0.05, 0.1) is 24.6 Å². The molecule has 35 heavy (non-hydrogen) atoms. The Kier molecular flexibility index (Phi) is 6.88. The average molecular weight is 479 g/mol. The van der Waals surface area contributed by atoms with Crippen molar-refractivity contribution in [2.24, 2.45) is 0 Å². The average Bonchev–Trinajstić information content (AvgIpc) is 2.88. The van der Waals surface area contributed by atoms with Gasteiger partial charge in [-0.1, -0.05) is 12.5 Å². The predicted octanol–water partition coefficient (Wildman–Crippen LogP) is 3.10. The van der Waals surface area contributed by atoms with Crippen molar-refractivity contribution in [3.63, 3.8) is 0 Å². The Balaban J connectivity index is 1.45. The fourth-order valence-electron chi connectivity index (χ4n) is 5.24. The van der Waals surface area contributed by atoms with Crippen LogP contribution in [0.1, 0.15) is 42.1 Å². The Labute approximate surface area is 205 Å². The standard InChI is InChI=1S/C26H34N6O3/c1-31-11-5-4-6-22(31)19-14-18(35-3)15-21-24(19)25(33)30-26(29-21)32-12-9-20-17(16-32)7-8-23(28-20)27-10-13-34-2/h7-8,14-15,22H,4-6,9-13,16H2,1-3H3,(H,27,28)(H,29,30,33). The van der Waals surface area contributed by atoms with Gasteiger partial charge in [-0.15, -0.1) is 0 Å². The van der Waals surface area contributed by atoms with E-state index in [0.29, 0.717) is 30.0 Å². The van der Waals surface area contributed by atoms with E-state index in [1.165, 1.54) is 6.42 Å². The highest BCUT2D eigenvalue weighted by molar-refractivity contribution is 5.84. The number of ether oxygens (including phenoxy) is 2. The fourth-order valence-corrected chi connectivity index (χ4v) is 5.24. The highest BCUT2D eigenvalue weighted by atomic mass is 16.5. The number of hydrogen-bond acceptors (Lipinski definition) is 8. The minimum Gasteiger partial charge on any atom is -0.497 e. The quantitative estimate of drug-likeness (QED) is 0.500. The fraction of sp³-hybridized carbons (Fsp3) is 0.500. The SMILES string of the molecule is COCCNc1ccc2c(n1)CCN(c1nc3cc(OC)cc(C4CCCCN4C)c3c(=O)[nH]1)C2. The van der Waals surface area contributed by atoms with Crippen molar-refractivity contribution in [2.45, 2.75) is 38.3 Å². The number of pyridine rings is 1. The summed E-state index contributed by atoms with van der Waals surface area (Å²) >= 11 is 0. The maximum absolute atomic E-state index is 13.4. The molecule has 2 aliphatic heterocycles. The molecule has 4 heterocycles. The Morgan fingerprint density at radius 1 is 1.17 bits per heavy atom. The molecule has 0 aliphatic carbocycles. The molecule has 1 saturated heterocycles. The third-order valence-corrected chi connectivity index (χ3v) is 7.13. The van der Waals surface area contributed by atoms with Gasteiger partial charge in [0.2, 0.25) is 5.95 Å². The minimum absolute atomic E-state index is 0.0942. The number of aromatic nitrogens is 3. The summed E-state index contributed by atoms with van der Waals surface area (Å²) in [6.45, 7) is 3.77. The number of aromatic amines is 1. The molecule has 2 aliphatic rings. The van der Waals surface area contributed by atoms with Crippen LogP contribution in [-0.4, -0.2) is 67.4 Å². The maximum atomic E-state index is 13.4. The minimum atomic E-state index is -0.0942. The van der Waals surface area contributed by atoms with Gasteiger partial charge in [-0.3, -0.25) is 14.7 Å². The summed E-state index contributed by atoms with van der Waals surface area (Å²) in [6.07, 6.45) is 4.15. The van der Waals surface area contributed by atoms with Crippen LogP contribution in [0.15, 0.2) is 29.1 Å². The predicted molar refractivity (Wildman–Crippen MR) is 137 cm³/mol. The zero-order valence-corrected chi connectivity index (χ0v) is 20.8. The van der Waals surface area contributed by atoms with E-state index in [9.17, 15) is 4.79 Å². The van der Waals surface area contributed by atoms with Crippen LogP contribution in [0.2, 0.25) is 0 Å². The molecular formula is C26H34N6O3. The van der Waals surface area contributed by atoms with Crippen LogP contribution in [0.5, 0.6) is 5.75 Å². The number of nitrogens with one attached hydrogen (secondary N) is 2. The lowest BCUT2D eigenvalue weighted by molar-refractivity contribution is 0.188. The summed E-state index contributed by atoms with van der Waals surface area (Å²) in [7, 11) is 5.48. The third-order valence-electron chi connectivity index (χ3n) is 7.13. The van der Waals surface area contributed by atoms with Gasteiger partial charge in [0, 0.05) is 51.0 Å². The van der Waals surface area contributed by atoms with Gasteiger partial charge in [-0.05, 0) is 49.7 Å². The Hall–Kier alpha value is -3.17. The summed E-state index contributed by atoms with van der Waals surface area (Å²) in [6, 6.07) is 8.16. The van der Waals surface area contributed by atoms with Crippen molar-refractivity contribution >= 4 is 22.7 Å². The second-order valence-electron chi connectivity index (χ2n) is 9.39. The molecule has 5 rings (SSSR count). The number of methoxy groups -OCH3 is 2. The molecule has 2 aromatic heterocycles. The molecule has 0 amide bonds. The molecule has 186 valence electrons. The zero-order chi connectivity index (χ0) is 24.4. The van der Waals surface area contributed by atoms with Crippen molar-refractivity contribution in [1.29, 1.82) is 0 Å². The van der Waals surface area contributed by atoms with E-state index in [2.05, 4.69) is 33.2 Å². The van der Waals surface area contributed by atoms with Gasteiger partial charge in [-0.2, -0.15) is 0 Å². The van der Waals surface area contributed by atoms with E-state index in [-0.39, 0.29) is 11.6 Å². The van der Waals surface area contributed by atoms with Crippen LogP contribution in [-0.2, 0) is 17.7 Å². The lowest BCUT2D eigenvalue weighted by Crippen LogP contribution is -2.34. The first kappa shape index (κ1) is 23.6. The summed E-state index contributed by atoms with van der Waals surface area (Å²) in [5, 5.41) is 3.95. The Bertz CT molecular complexity index is 1260. The highest BCUT2D eigenvalue weighted by Gasteiger charge is 2.26. The van der Waals surface area contributed by atoms with Gasteiger partial charge in [-0.25, -0.2) is 9.97 Å². The second kappa shape index (κ2) is 10.2. The van der Waals surface area contributed by atoms with Crippen LogP contribution in [0, 0.1) is 0 Å². The number of H-pyrrole nitrogens is 1. The smallest absolute Gasteiger partial charge is 0.260 e. The number of nitrogens with zero attached hydrogens (tertiary/aromatic N) is 4. The van der Waals surface area contributed by atoms with Gasteiger partial charge in [0.1, 0.15) is 11.6 Å². The first-order valence-corrected chi connectivity index (χ1v) is 12.4. The number of piperidine rings is 1. The second-order valence-corrected chi connectivity index (χ2v) is 9.39. The summed E-state index contributed by atoms with van der Waals surface area (Å²) in [5.74, 6) is 2.18. The largest absolute Gasteiger partial charge is 0.497 e. The van der Waals surface area contributed by atoms with Crippen molar-refractivity contribution in [2.75, 3.05) is 57.7 Å². The molecule has 0 saturated carbocycles. The summed E-state index contributed by atoms with van der Waals surface area (Å²) in [5.41, 5.74) is 3.81. The number of anilines is 2. The monoisotopic (exact) mass is 478 g/mol. The van der Waals surface area contributed by atoms with Crippen molar-refractivity contribution in [3.8, 4) is 5.75 Å². The zero-order valence-electron chi connectivity index (χ0n) is 20.8. The van der Waals surface area contributed by atoms with Crippen molar-refractivity contribution < 1.29 is 9.47 Å². The van der Waals surface area contributed by atoms with Crippen LogP contribution in [0.25, 0.3) is 10.9 Å². The van der Waals surface area contributed by atoms with E-state index in [1.54, 1.807) is 14.2 Å². The topological polar surface area (TPSA) is 95.6 Å². The van der Waals surface area contributed by atoms with Gasteiger partial charge >= 0.3 is 0 Å². The van der Waals surface area contributed by atoms with Crippen LogP contribution < -0.4 is 20.5 Å². The molecule has 9 heteroatoms. The molecule has 0 bridgehead atoms. The molecule has 0 radical (unpaired) electrons. The molecule has 1 atom stereocenters. The van der Waals surface area contributed by atoms with E-state index < -0.39 is 0 Å².